The number of anilines is 1. The standard InChI is InChI=1S/C15H25N3O/c1-13(18-10-8-17(2)9-11-18)7-12-19-15-6-4-3-5-14(15)16/h3-6,13H,7-12,16H2,1-2H3. The van der Waals surface area contributed by atoms with Crippen LogP contribution in [0.2, 0.25) is 0 Å². The summed E-state index contributed by atoms with van der Waals surface area (Å²) in [6.45, 7) is 7.65. The van der Waals surface area contributed by atoms with E-state index in [4.69, 9.17) is 10.5 Å². The quantitative estimate of drug-likeness (QED) is 0.821. The van der Waals surface area contributed by atoms with E-state index in [0.29, 0.717) is 6.04 Å². The van der Waals surface area contributed by atoms with Gasteiger partial charge < -0.3 is 15.4 Å². The highest BCUT2D eigenvalue weighted by atomic mass is 16.5. The van der Waals surface area contributed by atoms with E-state index in [-0.39, 0.29) is 0 Å². The first kappa shape index (κ1) is 14.2. The minimum atomic E-state index is 0.568. The van der Waals surface area contributed by atoms with Crippen molar-refractivity contribution in [2.45, 2.75) is 19.4 Å². The monoisotopic (exact) mass is 263 g/mol. The molecular formula is C15H25N3O. The summed E-state index contributed by atoms with van der Waals surface area (Å²) in [6.07, 6.45) is 1.04. The van der Waals surface area contributed by atoms with Gasteiger partial charge in [0.2, 0.25) is 0 Å². The minimum absolute atomic E-state index is 0.568. The summed E-state index contributed by atoms with van der Waals surface area (Å²) in [6, 6.07) is 8.25. The second kappa shape index (κ2) is 6.78. The third-order valence-corrected chi connectivity index (χ3v) is 3.87. The molecule has 0 spiro atoms. The van der Waals surface area contributed by atoms with Crippen LogP contribution in [0.3, 0.4) is 0 Å². The van der Waals surface area contributed by atoms with Crippen molar-refractivity contribution >= 4 is 5.69 Å². The Hall–Kier alpha value is -1.26. The third kappa shape index (κ3) is 4.11. The molecule has 1 aromatic rings. The van der Waals surface area contributed by atoms with E-state index in [1.165, 1.54) is 0 Å². The van der Waals surface area contributed by atoms with E-state index in [9.17, 15) is 0 Å². The van der Waals surface area contributed by atoms with E-state index >= 15 is 0 Å². The SMILES string of the molecule is CC(CCOc1ccccc1N)N1CCN(C)CC1. The first-order valence-corrected chi connectivity index (χ1v) is 7.06. The molecule has 0 aromatic heterocycles. The van der Waals surface area contributed by atoms with Gasteiger partial charge in [0.1, 0.15) is 5.75 Å². The molecule has 0 aliphatic carbocycles. The van der Waals surface area contributed by atoms with Crippen molar-refractivity contribution in [1.29, 1.82) is 0 Å². The maximum Gasteiger partial charge on any atom is 0.142 e. The molecule has 1 aliphatic rings. The fourth-order valence-corrected chi connectivity index (χ4v) is 2.40. The van der Waals surface area contributed by atoms with Crippen molar-refractivity contribution in [2.24, 2.45) is 0 Å². The van der Waals surface area contributed by atoms with Gasteiger partial charge in [0.05, 0.1) is 12.3 Å². The highest BCUT2D eigenvalue weighted by molar-refractivity contribution is 5.51. The molecule has 19 heavy (non-hydrogen) atoms. The van der Waals surface area contributed by atoms with E-state index in [1.54, 1.807) is 0 Å². The van der Waals surface area contributed by atoms with Gasteiger partial charge in [0.25, 0.3) is 0 Å². The number of nitrogen functional groups attached to an aromatic ring is 1. The molecule has 0 bridgehead atoms. The third-order valence-electron chi connectivity index (χ3n) is 3.87. The van der Waals surface area contributed by atoms with E-state index < -0.39 is 0 Å². The Morgan fingerprint density at radius 3 is 2.58 bits per heavy atom. The lowest BCUT2D eigenvalue weighted by Crippen LogP contribution is -2.48. The highest BCUT2D eigenvalue weighted by Gasteiger charge is 2.18. The van der Waals surface area contributed by atoms with Crippen molar-refractivity contribution in [3.63, 3.8) is 0 Å². The van der Waals surface area contributed by atoms with Gasteiger partial charge in [-0.3, -0.25) is 4.90 Å². The predicted molar refractivity (Wildman–Crippen MR) is 79.5 cm³/mol. The second-order valence-electron chi connectivity index (χ2n) is 5.36. The Morgan fingerprint density at radius 2 is 1.89 bits per heavy atom. The second-order valence-corrected chi connectivity index (χ2v) is 5.36. The van der Waals surface area contributed by atoms with Crippen LogP contribution in [0, 0.1) is 0 Å². The number of likely N-dealkylation sites (N-methyl/N-ethyl adjacent to an activating group) is 1. The molecule has 4 heteroatoms. The van der Waals surface area contributed by atoms with Crippen molar-refractivity contribution < 1.29 is 4.74 Å². The molecular weight excluding hydrogens is 238 g/mol. The van der Waals surface area contributed by atoms with E-state index in [2.05, 4.69) is 23.8 Å². The Balaban J connectivity index is 1.72. The summed E-state index contributed by atoms with van der Waals surface area (Å²) in [5, 5.41) is 0. The fraction of sp³-hybridized carbons (Fsp3) is 0.600. The Kier molecular flexibility index (Phi) is 5.05. The number of nitrogens with two attached hydrogens (primary N) is 1. The topological polar surface area (TPSA) is 41.7 Å². The van der Waals surface area contributed by atoms with Crippen LogP contribution in [0.5, 0.6) is 5.75 Å². The van der Waals surface area contributed by atoms with Crippen molar-refractivity contribution in [3.05, 3.63) is 24.3 Å². The molecule has 1 aromatic carbocycles. The molecule has 1 fully saturated rings. The lowest BCUT2D eigenvalue weighted by Gasteiger charge is -2.36. The molecule has 1 unspecified atom stereocenters. The molecule has 1 saturated heterocycles. The number of hydrogen-bond donors (Lipinski definition) is 1. The van der Waals surface area contributed by atoms with Crippen LogP contribution in [-0.2, 0) is 0 Å². The number of benzene rings is 1. The van der Waals surface area contributed by atoms with Gasteiger partial charge in [-0.25, -0.2) is 0 Å². The molecule has 4 nitrogen and oxygen atoms in total. The summed E-state index contributed by atoms with van der Waals surface area (Å²) in [5.74, 6) is 0.799. The van der Waals surface area contributed by atoms with E-state index in [1.807, 2.05) is 24.3 Å². The summed E-state index contributed by atoms with van der Waals surface area (Å²) < 4.78 is 5.76. The molecule has 1 atom stereocenters. The maximum absolute atomic E-state index is 5.85. The van der Waals surface area contributed by atoms with Crippen LogP contribution < -0.4 is 10.5 Å². The normalized spacial score (nSPS) is 19.3. The lowest BCUT2D eigenvalue weighted by molar-refractivity contribution is 0.106. The highest BCUT2D eigenvalue weighted by Crippen LogP contribution is 2.20. The fourth-order valence-electron chi connectivity index (χ4n) is 2.40. The van der Waals surface area contributed by atoms with Crippen LogP contribution >= 0.6 is 0 Å². The van der Waals surface area contributed by atoms with Crippen molar-refractivity contribution in [3.8, 4) is 5.75 Å². The zero-order valence-corrected chi connectivity index (χ0v) is 12.0. The van der Waals surface area contributed by atoms with Gasteiger partial charge in [0.15, 0.2) is 0 Å². The number of para-hydroxylation sites is 2. The number of nitrogens with zero attached hydrogens (tertiary/aromatic N) is 2. The predicted octanol–water partition coefficient (Wildman–Crippen LogP) is 1.67. The molecule has 2 N–H and O–H groups in total. The van der Waals surface area contributed by atoms with Gasteiger partial charge in [-0.1, -0.05) is 12.1 Å². The lowest BCUT2D eigenvalue weighted by atomic mass is 10.2. The van der Waals surface area contributed by atoms with Gasteiger partial charge >= 0.3 is 0 Å². The van der Waals surface area contributed by atoms with Gasteiger partial charge in [0, 0.05) is 32.2 Å². The maximum atomic E-state index is 5.85. The van der Waals surface area contributed by atoms with Crippen LogP contribution in [0.1, 0.15) is 13.3 Å². The van der Waals surface area contributed by atoms with Crippen LogP contribution in [-0.4, -0.2) is 55.7 Å². The van der Waals surface area contributed by atoms with Crippen molar-refractivity contribution in [1.82, 2.24) is 9.80 Å². The first-order valence-electron chi connectivity index (χ1n) is 7.06. The smallest absolute Gasteiger partial charge is 0.142 e. The molecule has 2 rings (SSSR count). The van der Waals surface area contributed by atoms with E-state index in [0.717, 1.165) is 50.6 Å². The largest absolute Gasteiger partial charge is 0.491 e. The zero-order valence-electron chi connectivity index (χ0n) is 12.0. The van der Waals surface area contributed by atoms with Crippen molar-refractivity contribution in [2.75, 3.05) is 45.6 Å². The first-order chi connectivity index (χ1) is 9.16. The van der Waals surface area contributed by atoms with Gasteiger partial charge in [-0.15, -0.1) is 0 Å². The average Bonchev–Trinajstić information content (AvgIpc) is 2.41. The van der Waals surface area contributed by atoms with Gasteiger partial charge in [-0.05, 0) is 32.5 Å². The number of hydrogen-bond acceptors (Lipinski definition) is 4. The number of ether oxygens (including phenoxy) is 1. The minimum Gasteiger partial charge on any atom is -0.491 e. The summed E-state index contributed by atoms with van der Waals surface area (Å²) in [5.41, 5.74) is 6.57. The number of rotatable bonds is 5. The summed E-state index contributed by atoms with van der Waals surface area (Å²) >= 11 is 0. The Morgan fingerprint density at radius 1 is 1.21 bits per heavy atom. The zero-order chi connectivity index (χ0) is 13.7. The molecule has 0 saturated carbocycles. The number of piperazine rings is 1. The Bertz CT molecular complexity index is 389. The molecule has 1 heterocycles. The van der Waals surface area contributed by atoms with Crippen LogP contribution in [0.15, 0.2) is 24.3 Å². The van der Waals surface area contributed by atoms with Crippen LogP contribution in [0.25, 0.3) is 0 Å². The summed E-state index contributed by atoms with van der Waals surface area (Å²) in [4.78, 5) is 4.92. The molecule has 1 aliphatic heterocycles. The molecule has 0 amide bonds. The van der Waals surface area contributed by atoms with Crippen LogP contribution in [0.4, 0.5) is 5.69 Å². The Labute approximate surface area is 116 Å². The molecule has 106 valence electrons. The molecule has 0 radical (unpaired) electrons. The summed E-state index contributed by atoms with van der Waals surface area (Å²) in [7, 11) is 2.18. The van der Waals surface area contributed by atoms with Gasteiger partial charge in [-0.2, -0.15) is 0 Å². The average molecular weight is 263 g/mol.